The average molecular weight is 456 g/mol. The molecule has 5 heteroatoms. The van der Waals surface area contributed by atoms with Gasteiger partial charge in [-0.15, -0.1) is 22.7 Å². The van der Waals surface area contributed by atoms with Crippen LogP contribution in [0.4, 0.5) is 0 Å². The number of hydrogen-bond donors (Lipinski definition) is 0. The maximum Gasteiger partial charge on any atom is 0.162 e. The van der Waals surface area contributed by atoms with Gasteiger partial charge in [0, 0.05) is 16.3 Å². The first-order valence-electron chi connectivity index (χ1n) is 11.3. The Morgan fingerprint density at radius 2 is 1.19 bits per heavy atom. The number of ketones is 2. The van der Waals surface area contributed by atoms with E-state index in [-0.39, 0.29) is 11.6 Å². The highest BCUT2D eigenvalue weighted by Crippen LogP contribution is 2.42. The number of unbranched alkanes of at least 4 members (excludes halogenated alkanes) is 5. The number of nitrogens with zero attached hydrogens (tertiary/aromatic N) is 1. The van der Waals surface area contributed by atoms with Crippen LogP contribution in [0.5, 0.6) is 0 Å². The summed E-state index contributed by atoms with van der Waals surface area (Å²) in [5.74, 6) is -0.0787. The highest BCUT2D eigenvalue weighted by Gasteiger charge is 2.30. The molecule has 3 aromatic heterocycles. The first-order valence-corrected chi connectivity index (χ1v) is 12.9. The third kappa shape index (κ3) is 5.27. The molecular weight excluding hydrogens is 422 g/mol. The summed E-state index contributed by atoms with van der Waals surface area (Å²) in [5, 5.41) is 0. The molecule has 3 rings (SSSR count). The molecule has 0 saturated heterocycles. The summed E-state index contributed by atoms with van der Waals surface area (Å²) in [6.07, 6.45) is 7.23. The van der Waals surface area contributed by atoms with Gasteiger partial charge >= 0.3 is 0 Å². The Morgan fingerprint density at radius 3 is 1.58 bits per heavy atom. The predicted molar refractivity (Wildman–Crippen MR) is 134 cm³/mol. The Kier molecular flexibility index (Phi) is 8.06. The maximum absolute atomic E-state index is 12.9. The lowest BCUT2D eigenvalue weighted by Gasteiger charge is -2.13. The van der Waals surface area contributed by atoms with Gasteiger partial charge < -0.3 is 4.57 Å². The van der Waals surface area contributed by atoms with Crippen molar-refractivity contribution in [3.8, 4) is 21.1 Å². The van der Waals surface area contributed by atoms with Crippen molar-refractivity contribution in [2.24, 2.45) is 0 Å². The maximum atomic E-state index is 12.9. The van der Waals surface area contributed by atoms with E-state index in [9.17, 15) is 9.59 Å². The van der Waals surface area contributed by atoms with Crippen LogP contribution in [0.3, 0.4) is 0 Å². The van der Waals surface area contributed by atoms with Gasteiger partial charge in [0.2, 0.25) is 0 Å². The van der Waals surface area contributed by atoms with Gasteiger partial charge in [-0.25, -0.2) is 0 Å². The molecule has 166 valence electrons. The van der Waals surface area contributed by atoms with Crippen molar-refractivity contribution in [1.29, 1.82) is 0 Å². The van der Waals surface area contributed by atoms with Gasteiger partial charge in [-0.3, -0.25) is 9.59 Å². The molecule has 0 saturated carbocycles. The fraction of sp³-hybridized carbons (Fsp3) is 0.462. The van der Waals surface area contributed by atoms with E-state index in [1.807, 2.05) is 0 Å². The minimum Gasteiger partial charge on any atom is -0.338 e. The Bertz CT molecular complexity index is 992. The van der Waals surface area contributed by atoms with Gasteiger partial charge in [0.25, 0.3) is 0 Å². The first-order chi connectivity index (χ1) is 14.8. The lowest BCUT2D eigenvalue weighted by Crippen LogP contribution is -2.03. The number of aryl methyl sites for hydroxylation is 2. The Hall–Kier alpha value is -1.98. The predicted octanol–water partition coefficient (Wildman–Crippen LogP) is 8.33. The van der Waals surface area contributed by atoms with Gasteiger partial charge in [-0.05, 0) is 58.4 Å². The van der Waals surface area contributed by atoms with Crippen LogP contribution < -0.4 is 0 Å². The van der Waals surface area contributed by atoms with Crippen LogP contribution in [-0.2, 0) is 6.54 Å². The van der Waals surface area contributed by atoms with Crippen LogP contribution in [-0.4, -0.2) is 16.1 Å². The van der Waals surface area contributed by atoms with Gasteiger partial charge in [-0.1, -0.05) is 39.0 Å². The molecule has 0 N–H and O–H groups in total. The smallest absolute Gasteiger partial charge is 0.162 e. The third-order valence-corrected chi connectivity index (χ3v) is 7.67. The highest BCUT2D eigenvalue weighted by molar-refractivity contribution is 7.16. The zero-order valence-corrected chi connectivity index (χ0v) is 21.0. The summed E-state index contributed by atoms with van der Waals surface area (Å²) >= 11 is 3.38. The zero-order valence-electron chi connectivity index (χ0n) is 19.3. The molecule has 31 heavy (non-hydrogen) atoms. The van der Waals surface area contributed by atoms with Crippen molar-refractivity contribution in [2.45, 2.75) is 79.7 Å². The lowest BCUT2D eigenvalue weighted by molar-refractivity contribution is 0.0982. The second-order valence-corrected chi connectivity index (χ2v) is 10.9. The molecule has 0 fully saturated rings. The third-order valence-electron chi connectivity index (χ3n) is 5.65. The standard InChI is InChI=1S/C26H33NO2S2/c1-6-7-8-9-10-11-16-27-25(21-14-12-17(2)30-21)23(19(4)28)24(20(5)29)26(27)22-15-13-18(3)31-22/h12-15H,6-11,16H2,1-5H3. The van der Waals surface area contributed by atoms with E-state index in [0.717, 1.165) is 40.5 Å². The normalized spacial score (nSPS) is 11.3. The number of carbonyl (C=O) groups excluding carboxylic acids is 2. The molecule has 0 unspecified atom stereocenters. The van der Waals surface area contributed by atoms with Crippen molar-refractivity contribution < 1.29 is 9.59 Å². The average Bonchev–Trinajstić information content (AvgIpc) is 3.41. The van der Waals surface area contributed by atoms with Crippen molar-refractivity contribution in [1.82, 2.24) is 4.57 Å². The minimum absolute atomic E-state index is 0.0394. The van der Waals surface area contributed by atoms with E-state index in [1.165, 1.54) is 35.4 Å². The fourth-order valence-electron chi connectivity index (χ4n) is 4.21. The summed E-state index contributed by atoms with van der Waals surface area (Å²) in [6.45, 7) is 10.4. The van der Waals surface area contributed by atoms with Crippen molar-refractivity contribution in [2.75, 3.05) is 0 Å². The van der Waals surface area contributed by atoms with Crippen LogP contribution in [0.25, 0.3) is 21.1 Å². The number of Topliss-reactive ketones (excluding diaryl/α,β-unsaturated/α-hetero) is 2. The quantitative estimate of drug-likeness (QED) is 0.215. The van der Waals surface area contributed by atoms with Crippen molar-refractivity contribution in [3.63, 3.8) is 0 Å². The second-order valence-electron chi connectivity index (χ2n) is 8.30. The van der Waals surface area contributed by atoms with Gasteiger partial charge in [0.05, 0.1) is 32.3 Å². The monoisotopic (exact) mass is 455 g/mol. The Balaban J connectivity index is 2.17. The number of hydrogen-bond acceptors (Lipinski definition) is 4. The molecular formula is C26H33NO2S2. The summed E-state index contributed by atoms with van der Waals surface area (Å²) in [7, 11) is 0. The van der Waals surface area contributed by atoms with E-state index in [0.29, 0.717) is 11.1 Å². The van der Waals surface area contributed by atoms with Crippen LogP contribution in [0.15, 0.2) is 24.3 Å². The largest absolute Gasteiger partial charge is 0.338 e. The van der Waals surface area contributed by atoms with Crippen LogP contribution in [0.2, 0.25) is 0 Å². The number of carbonyl (C=O) groups is 2. The number of rotatable bonds is 11. The molecule has 3 heterocycles. The van der Waals surface area contributed by atoms with Gasteiger partial charge in [0.15, 0.2) is 11.6 Å². The van der Waals surface area contributed by atoms with Gasteiger partial charge in [0.1, 0.15) is 0 Å². The SMILES string of the molecule is CCCCCCCCn1c(-c2ccc(C)s2)c(C(C)=O)c(C(C)=O)c1-c1ccc(C)s1. The van der Waals surface area contributed by atoms with E-state index in [4.69, 9.17) is 0 Å². The molecule has 0 radical (unpaired) electrons. The number of aromatic nitrogens is 1. The zero-order chi connectivity index (χ0) is 22.5. The van der Waals surface area contributed by atoms with E-state index >= 15 is 0 Å². The van der Waals surface area contributed by atoms with Crippen molar-refractivity contribution >= 4 is 34.2 Å². The number of thiophene rings is 2. The molecule has 0 aliphatic rings. The summed E-state index contributed by atoms with van der Waals surface area (Å²) < 4.78 is 2.27. The van der Waals surface area contributed by atoms with Crippen LogP contribution in [0.1, 0.15) is 89.8 Å². The molecule has 0 aliphatic carbocycles. The van der Waals surface area contributed by atoms with E-state index in [1.54, 1.807) is 36.5 Å². The summed E-state index contributed by atoms with van der Waals surface area (Å²) in [4.78, 5) is 30.3. The molecule has 0 atom stereocenters. The second kappa shape index (κ2) is 10.6. The topological polar surface area (TPSA) is 39.1 Å². The molecule has 0 aliphatic heterocycles. The van der Waals surface area contributed by atoms with Crippen LogP contribution in [0, 0.1) is 13.8 Å². The molecule has 0 amide bonds. The molecule has 0 bridgehead atoms. The highest BCUT2D eigenvalue weighted by atomic mass is 32.1. The molecule has 3 nitrogen and oxygen atoms in total. The van der Waals surface area contributed by atoms with E-state index in [2.05, 4.69) is 49.6 Å². The summed E-state index contributed by atoms with van der Waals surface area (Å²) in [5.41, 5.74) is 3.01. The fourth-order valence-corrected chi connectivity index (χ4v) is 6.07. The first kappa shape index (κ1) is 23.7. The lowest BCUT2D eigenvalue weighted by atomic mass is 10.0. The summed E-state index contributed by atoms with van der Waals surface area (Å²) in [6, 6.07) is 8.36. The molecule has 0 aromatic carbocycles. The Morgan fingerprint density at radius 1 is 0.742 bits per heavy atom. The van der Waals surface area contributed by atoms with Crippen molar-refractivity contribution in [3.05, 3.63) is 45.1 Å². The van der Waals surface area contributed by atoms with E-state index < -0.39 is 0 Å². The van der Waals surface area contributed by atoms with Crippen LogP contribution >= 0.6 is 22.7 Å². The minimum atomic E-state index is -0.0394. The van der Waals surface area contributed by atoms with Gasteiger partial charge in [-0.2, -0.15) is 0 Å². The Labute approximate surface area is 194 Å². The molecule has 0 spiro atoms. The molecule has 3 aromatic rings.